The molecule has 1 unspecified atom stereocenters. The van der Waals surface area contributed by atoms with Gasteiger partial charge in [0, 0.05) is 37.0 Å². The molecular formula is C16H28N4S. The molecule has 21 heavy (non-hydrogen) atoms. The first-order chi connectivity index (χ1) is 10.2. The first-order valence-electron chi connectivity index (χ1n) is 8.28. The van der Waals surface area contributed by atoms with Gasteiger partial charge in [-0.3, -0.25) is 4.90 Å². The Balaban J connectivity index is 1.76. The molecule has 0 amide bonds. The van der Waals surface area contributed by atoms with E-state index in [2.05, 4.69) is 36.1 Å². The van der Waals surface area contributed by atoms with E-state index in [1.165, 1.54) is 41.4 Å². The molecule has 0 aromatic carbocycles. The standard InChI is InChI=1S/C16H28N4S/c1-4-7-17-10-14-15(12-5-6-12)18-16(21-14)13-11-19(2)8-9-20(13)3/h12-13,17H,4-11H2,1-3H3. The van der Waals surface area contributed by atoms with Crippen LogP contribution >= 0.6 is 11.3 Å². The van der Waals surface area contributed by atoms with Crippen LogP contribution in [0.3, 0.4) is 0 Å². The second-order valence-corrected chi connectivity index (χ2v) is 7.69. The van der Waals surface area contributed by atoms with E-state index < -0.39 is 0 Å². The molecule has 1 aromatic rings. The largest absolute Gasteiger partial charge is 0.312 e. The van der Waals surface area contributed by atoms with Gasteiger partial charge in [-0.15, -0.1) is 11.3 Å². The molecule has 2 fully saturated rings. The van der Waals surface area contributed by atoms with E-state index in [-0.39, 0.29) is 0 Å². The molecule has 118 valence electrons. The zero-order valence-electron chi connectivity index (χ0n) is 13.6. The minimum absolute atomic E-state index is 0.478. The third-order valence-electron chi connectivity index (χ3n) is 4.56. The number of hydrogen-bond donors (Lipinski definition) is 1. The van der Waals surface area contributed by atoms with Crippen molar-refractivity contribution in [1.82, 2.24) is 20.1 Å². The van der Waals surface area contributed by atoms with Gasteiger partial charge in [0.25, 0.3) is 0 Å². The predicted octanol–water partition coefficient (Wildman–Crippen LogP) is 2.44. The van der Waals surface area contributed by atoms with E-state index in [1.807, 2.05) is 11.3 Å². The van der Waals surface area contributed by atoms with E-state index >= 15 is 0 Å². The fourth-order valence-corrected chi connectivity index (χ4v) is 4.26. The molecule has 1 aromatic heterocycles. The van der Waals surface area contributed by atoms with Crippen LogP contribution in [0.1, 0.15) is 53.7 Å². The van der Waals surface area contributed by atoms with Gasteiger partial charge in [-0.2, -0.15) is 0 Å². The third kappa shape index (κ3) is 3.65. The zero-order chi connectivity index (χ0) is 14.8. The maximum absolute atomic E-state index is 5.07. The maximum atomic E-state index is 5.07. The minimum atomic E-state index is 0.478. The molecule has 0 radical (unpaired) electrons. The molecule has 2 heterocycles. The molecule has 1 saturated carbocycles. The smallest absolute Gasteiger partial charge is 0.112 e. The SMILES string of the molecule is CCCNCc1sc(C2CN(C)CCN2C)nc1C1CC1. The highest BCUT2D eigenvalue weighted by Crippen LogP contribution is 2.44. The summed E-state index contributed by atoms with van der Waals surface area (Å²) in [6.07, 6.45) is 3.87. The van der Waals surface area contributed by atoms with Crippen LogP contribution in [0.15, 0.2) is 0 Å². The monoisotopic (exact) mass is 308 g/mol. The molecular weight excluding hydrogens is 280 g/mol. The normalized spacial score (nSPS) is 24.6. The molecule has 1 aliphatic heterocycles. The van der Waals surface area contributed by atoms with Crippen LogP contribution in [0.25, 0.3) is 0 Å². The Kier molecular flexibility index (Phi) is 4.94. The summed E-state index contributed by atoms with van der Waals surface area (Å²) in [4.78, 5) is 11.5. The molecule has 1 aliphatic carbocycles. The maximum Gasteiger partial charge on any atom is 0.112 e. The summed E-state index contributed by atoms with van der Waals surface area (Å²) in [6.45, 7) is 7.74. The number of likely N-dealkylation sites (N-methyl/N-ethyl adjacent to an activating group) is 2. The van der Waals surface area contributed by atoms with Gasteiger partial charge in [-0.1, -0.05) is 6.92 Å². The second kappa shape index (κ2) is 6.73. The number of nitrogens with zero attached hydrogens (tertiary/aromatic N) is 3. The van der Waals surface area contributed by atoms with Crippen molar-refractivity contribution in [1.29, 1.82) is 0 Å². The number of piperazine rings is 1. The molecule has 4 nitrogen and oxygen atoms in total. The van der Waals surface area contributed by atoms with E-state index in [0.717, 1.165) is 32.1 Å². The van der Waals surface area contributed by atoms with Gasteiger partial charge < -0.3 is 10.2 Å². The van der Waals surface area contributed by atoms with Gasteiger partial charge in [0.15, 0.2) is 0 Å². The highest BCUT2D eigenvalue weighted by Gasteiger charge is 2.32. The molecule has 0 bridgehead atoms. The van der Waals surface area contributed by atoms with Gasteiger partial charge in [0.05, 0.1) is 11.7 Å². The van der Waals surface area contributed by atoms with Crippen molar-refractivity contribution in [2.75, 3.05) is 40.3 Å². The average Bonchev–Trinajstić information content (AvgIpc) is 3.23. The summed E-state index contributed by atoms with van der Waals surface area (Å²) in [5.74, 6) is 0.750. The molecule has 5 heteroatoms. The van der Waals surface area contributed by atoms with Crippen LogP contribution in [0, 0.1) is 0 Å². The summed E-state index contributed by atoms with van der Waals surface area (Å²) in [5, 5.41) is 4.89. The van der Waals surface area contributed by atoms with Gasteiger partial charge in [-0.25, -0.2) is 4.98 Å². The summed E-state index contributed by atoms with van der Waals surface area (Å²) >= 11 is 1.95. The lowest BCUT2D eigenvalue weighted by molar-refractivity contribution is 0.115. The average molecular weight is 308 g/mol. The Morgan fingerprint density at radius 2 is 2.10 bits per heavy atom. The van der Waals surface area contributed by atoms with E-state index in [1.54, 1.807) is 0 Å². The molecule has 3 rings (SSSR count). The van der Waals surface area contributed by atoms with Crippen LogP contribution < -0.4 is 5.32 Å². The first-order valence-corrected chi connectivity index (χ1v) is 9.09. The van der Waals surface area contributed by atoms with Crippen molar-refractivity contribution in [3.8, 4) is 0 Å². The Morgan fingerprint density at radius 1 is 1.29 bits per heavy atom. The fourth-order valence-electron chi connectivity index (χ4n) is 2.98. The van der Waals surface area contributed by atoms with Crippen LogP contribution in [0.4, 0.5) is 0 Å². The van der Waals surface area contributed by atoms with Crippen molar-refractivity contribution >= 4 is 11.3 Å². The number of rotatable bonds is 6. The third-order valence-corrected chi connectivity index (χ3v) is 5.73. The molecule has 1 atom stereocenters. The Labute approximate surface area is 132 Å². The van der Waals surface area contributed by atoms with Crippen molar-refractivity contribution < 1.29 is 0 Å². The van der Waals surface area contributed by atoms with Crippen LogP contribution in [0.2, 0.25) is 0 Å². The summed E-state index contributed by atoms with van der Waals surface area (Å²) in [7, 11) is 4.46. The number of nitrogens with one attached hydrogen (secondary N) is 1. The minimum Gasteiger partial charge on any atom is -0.312 e. The predicted molar refractivity (Wildman–Crippen MR) is 89.0 cm³/mol. The Morgan fingerprint density at radius 3 is 2.81 bits per heavy atom. The van der Waals surface area contributed by atoms with Crippen molar-refractivity contribution in [3.05, 3.63) is 15.6 Å². The van der Waals surface area contributed by atoms with Gasteiger partial charge in [0.2, 0.25) is 0 Å². The van der Waals surface area contributed by atoms with Gasteiger partial charge in [-0.05, 0) is 39.9 Å². The van der Waals surface area contributed by atoms with Crippen molar-refractivity contribution in [3.63, 3.8) is 0 Å². The van der Waals surface area contributed by atoms with Crippen LogP contribution in [-0.4, -0.2) is 55.1 Å². The van der Waals surface area contributed by atoms with Gasteiger partial charge in [0.1, 0.15) is 5.01 Å². The second-order valence-electron chi connectivity index (χ2n) is 6.57. The fraction of sp³-hybridized carbons (Fsp3) is 0.812. The molecule has 1 N–H and O–H groups in total. The van der Waals surface area contributed by atoms with E-state index in [9.17, 15) is 0 Å². The number of aromatic nitrogens is 1. The molecule has 0 spiro atoms. The zero-order valence-corrected chi connectivity index (χ0v) is 14.4. The highest BCUT2D eigenvalue weighted by atomic mass is 32.1. The quantitative estimate of drug-likeness (QED) is 0.818. The van der Waals surface area contributed by atoms with E-state index in [0.29, 0.717) is 6.04 Å². The lowest BCUT2D eigenvalue weighted by Crippen LogP contribution is -2.44. The molecule has 1 saturated heterocycles. The summed E-state index contributed by atoms with van der Waals surface area (Å²) < 4.78 is 0. The highest BCUT2D eigenvalue weighted by molar-refractivity contribution is 7.11. The van der Waals surface area contributed by atoms with Crippen molar-refractivity contribution in [2.45, 2.75) is 44.7 Å². The molecule has 2 aliphatic rings. The summed E-state index contributed by atoms with van der Waals surface area (Å²) in [5.41, 5.74) is 1.40. The Hall–Kier alpha value is -0.490. The lowest BCUT2D eigenvalue weighted by Gasteiger charge is -2.36. The van der Waals surface area contributed by atoms with Crippen molar-refractivity contribution in [2.24, 2.45) is 0 Å². The van der Waals surface area contributed by atoms with Crippen LogP contribution in [-0.2, 0) is 6.54 Å². The lowest BCUT2D eigenvalue weighted by atomic mass is 10.2. The van der Waals surface area contributed by atoms with Gasteiger partial charge >= 0.3 is 0 Å². The topological polar surface area (TPSA) is 31.4 Å². The van der Waals surface area contributed by atoms with Crippen LogP contribution in [0.5, 0.6) is 0 Å². The number of hydrogen-bond acceptors (Lipinski definition) is 5. The number of thiazole rings is 1. The van der Waals surface area contributed by atoms with E-state index in [4.69, 9.17) is 4.98 Å². The summed E-state index contributed by atoms with van der Waals surface area (Å²) in [6, 6.07) is 0.478. The Bertz CT molecular complexity index is 469. The first kappa shape index (κ1) is 15.4.